The van der Waals surface area contributed by atoms with Gasteiger partial charge in [0.2, 0.25) is 5.89 Å². The van der Waals surface area contributed by atoms with Gasteiger partial charge in [0, 0.05) is 0 Å². The van der Waals surface area contributed by atoms with Gasteiger partial charge in [0.05, 0.1) is 11.1 Å². The van der Waals surface area contributed by atoms with Gasteiger partial charge in [-0.1, -0.05) is 31.5 Å². The quantitative estimate of drug-likeness (QED) is 0.853. The van der Waals surface area contributed by atoms with Crippen molar-refractivity contribution >= 4 is 22.7 Å². The summed E-state index contributed by atoms with van der Waals surface area (Å²) in [6, 6.07) is 5.30. The van der Waals surface area contributed by atoms with Crippen LogP contribution in [0.15, 0.2) is 22.6 Å². The number of fused-ring (bicyclic) bond motifs is 1. The van der Waals surface area contributed by atoms with Crippen LogP contribution < -0.4 is 5.73 Å². The predicted octanol–water partition coefficient (Wildman–Crippen LogP) is 3.14. The average Bonchev–Trinajstić information content (AvgIpc) is 2.61. The van der Waals surface area contributed by atoms with Gasteiger partial charge >= 0.3 is 0 Å². The molecule has 80 valence electrons. The largest absolute Gasteiger partial charge is 0.437 e. The van der Waals surface area contributed by atoms with Crippen LogP contribution >= 0.6 is 11.6 Å². The van der Waals surface area contributed by atoms with Crippen molar-refractivity contribution in [3.8, 4) is 0 Å². The smallest absolute Gasteiger partial charge is 0.212 e. The number of hydrogen-bond donors (Lipinski definition) is 1. The highest BCUT2D eigenvalue weighted by Gasteiger charge is 2.17. The molecule has 2 rings (SSSR count). The first-order valence-corrected chi connectivity index (χ1v) is 5.28. The van der Waals surface area contributed by atoms with Gasteiger partial charge in [-0.25, -0.2) is 4.98 Å². The van der Waals surface area contributed by atoms with Gasteiger partial charge in [-0.2, -0.15) is 0 Å². The van der Waals surface area contributed by atoms with Crippen LogP contribution in [-0.4, -0.2) is 4.98 Å². The molecule has 0 radical (unpaired) electrons. The van der Waals surface area contributed by atoms with Crippen molar-refractivity contribution in [1.29, 1.82) is 0 Å². The van der Waals surface area contributed by atoms with Gasteiger partial charge in [-0.15, -0.1) is 0 Å². The van der Waals surface area contributed by atoms with Gasteiger partial charge in [-0.05, 0) is 18.1 Å². The maximum atomic E-state index is 5.98. The van der Waals surface area contributed by atoms with E-state index in [0.717, 1.165) is 5.52 Å². The fourth-order valence-electron chi connectivity index (χ4n) is 1.36. The van der Waals surface area contributed by atoms with E-state index in [9.17, 15) is 0 Å². The Morgan fingerprint density at radius 3 is 2.73 bits per heavy atom. The molecule has 0 bridgehead atoms. The number of oxazole rings is 1. The molecule has 0 spiro atoms. The van der Waals surface area contributed by atoms with E-state index in [1.54, 1.807) is 6.07 Å². The Kier molecular flexibility index (Phi) is 2.67. The van der Waals surface area contributed by atoms with Crippen LogP contribution in [0.4, 0.5) is 0 Å². The number of nitrogens with zero attached hydrogens (tertiary/aromatic N) is 1. The molecule has 0 amide bonds. The topological polar surface area (TPSA) is 52.0 Å². The molecule has 0 saturated carbocycles. The SMILES string of the molecule is CC(C)C(N)c1nc2cccc(Cl)c2o1. The number of para-hydroxylation sites is 1. The Balaban J connectivity index is 2.52. The summed E-state index contributed by atoms with van der Waals surface area (Å²) < 4.78 is 5.55. The fraction of sp³-hybridized carbons (Fsp3) is 0.364. The maximum absolute atomic E-state index is 5.98. The summed E-state index contributed by atoms with van der Waals surface area (Å²) in [6.45, 7) is 4.06. The lowest BCUT2D eigenvalue weighted by Crippen LogP contribution is -2.16. The van der Waals surface area contributed by atoms with Crippen LogP contribution in [0.2, 0.25) is 5.02 Å². The van der Waals surface area contributed by atoms with Crippen molar-refractivity contribution in [2.75, 3.05) is 0 Å². The van der Waals surface area contributed by atoms with Crippen LogP contribution in [0.1, 0.15) is 25.8 Å². The minimum Gasteiger partial charge on any atom is -0.437 e. The molecule has 1 atom stereocenters. The number of rotatable bonds is 2. The monoisotopic (exact) mass is 224 g/mol. The molecular formula is C11H13ClN2O. The first kappa shape index (κ1) is 10.5. The Morgan fingerprint density at radius 1 is 1.40 bits per heavy atom. The van der Waals surface area contributed by atoms with Gasteiger partial charge in [-0.3, -0.25) is 0 Å². The highest BCUT2D eigenvalue weighted by molar-refractivity contribution is 6.34. The molecule has 1 aromatic carbocycles. The Bertz CT molecular complexity index is 478. The van der Waals surface area contributed by atoms with E-state index >= 15 is 0 Å². The summed E-state index contributed by atoms with van der Waals surface area (Å²) in [5.74, 6) is 0.838. The lowest BCUT2D eigenvalue weighted by molar-refractivity contribution is 0.403. The second-order valence-electron chi connectivity index (χ2n) is 3.91. The van der Waals surface area contributed by atoms with Crippen molar-refractivity contribution in [2.24, 2.45) is 11.7 Å². The second-order valence-corrected chi connectivity index (χ2v) is 4.32. The van der Waals surface area contributed by atoms with Crippen LogP contribution in [0.25, 0.3) is 11.1 Å². The van der Waals surface area contributed by atoms with E-state index < -0.39 is 0 Å². The van der Waals surface area contributed by atoms with Gasteiger partial charge in [0.1, 0.15) is 5.52 Å². The summed E-state index contributed by atoms with van der Waals surface area (Å²) in [5, 5.41) is 0.571. The number of nitrogens with two attached hydrogens (primary N) is 1. The third-order valence-corrected chi connectivity index (χ3v) is 2.68. The standard InChI is InChI=1S/C11H13ClN2O/c1-6(2)9(13)11-14-8-5-3-4-7(12)10(8)15-11/h3-6,9H,13H2,1-2H3. The van der Waals surface area contributed by atoms with Crippen LogP contribution in [0, 0.1) is 5.92 Å². The maximum Gasteiger partial charge on any atom is 0.212 e. The second kappa shape index (κ2) is 3.83. The van der Waals surface area contributed by atoms with Crippen molar-refractivity contribution in [1.82, 2.24) is 4.98 Å². The van der Waals surface area contributed by atoms with E-state index in [-0.39, 0.29) is 12.0 Å². The van der Waals surface area contributed by atoms with Crippen molar-refractivity contribution in [2.45, 2.75) is 19.9 Å². The van der Waals surface area contributed by atoms with E-state index in [0.29, 0.717) is 16.5 Å². The number of benzene rings is 1. The van der Waals surface area contributed by atoms with Crippen LogP contribution in [-0.2, 0) is 0 Å². The van der Waals surface area contributed by atoms with Crippen molar-refractivity contribution < 1.29 is 4.42 Å². The molecule has 0 aliphatic carbocycles. The molecule has 0 saturated heterocycles. The van der Waals surface area contributed by atoms with Crippen molar-refractivity contribution in [3.63, 3.8) is 0 Å². The van der Waals surface area contributed by atoms with Gasteiger partial charge < -0.3 is 10.2 Å². The third kappa shape index (κ3) is 1.85. The highest BCUT2D eigenvalue weighted by Crippen LogP contribution is 2.27. The minimum absolute atomic E-state index is 0.187. The Hall–Kier alpha value is -1.06. The molecule has 0 fully saturated rings. The molecule has 2 aromatic rings. The highest BCUT2D eigenvalue weighted by atomic mass is 35.5. The molecule has 15 heavy (non-hydrogen) atoms. The molecule has 0 aliphatic heterocycles. The van der Waals surface area contributed by atoms with Gasteiger partial charge in [0.15, 0.2) is 5.58 Å². The summed E-state index contributed by atoms with van der Waals surface area (Å²) in [6.07, 6.45) is 0. The van der Waals surface area contributed by atoms with E-state index in [2.05, 4.69) is 4.98 Å². The summed E-state index contributed by atoms with van der Waals surface area (Å²) in [5.41, 5.74) is 7.33. The van der Waals surface area contributed by atoms with Gasteiger partial charge in [0.25, 0.3) is 0 Å². The fourth-order valence-corrected chi connectivity index (χ4v) is 1.57. The Morgan fingerprint density at radius 2 is 2.13 bits per heavy atom. The molecule has 3 nitrogen and oxygen atoms in total. The zero-order valence-corrected chi connectivity index (χ0v) is 9.45. The molecule has 4 heteroatoms. The number of halogens is 1. The summed E-state index contributed by atoms with van der Waals surface area (Å²) in [4.78, 5) is 4.32. The summed E-state index contributed by atoms with van der Waals surface area (Å²) in [7, 11) is 0. The number of aromatic nitrogens is 1. The lowest BCUT2D eigenvalue weighted by Gasteiger charge is -2.10. The third-order valence-electron chi connectivity index (χ3n) is 2.39. The summed E-state index contributed by atoms with van der Waals surface area (Å²) >= 11 is 5.98. The normalized spacial score (nSPS) is 13.7. The van der Waals surface area contributed by atoms with Crippen LogP contribution in [0.5, 0.6) is 0 Å². The average molecular weight is 225 g/mol. The molecule has 2 N–H and O–H groups in total. The Labute approximate surface area is 93.2 Å². The molecule has 1 heterocycles. The van der Waals surface area contributed by atoms with Crippen molar-refractivity contribution in [3.05, 3.63) is 29.1 Å². The van der Waals surface area contributed by atoms with E-state index in [4.69, 9.17) is 21.8 Å². The molecule has 0 aliphatic rings. The first-order valence-electron chi connectivity index (χ1n) is 4.90. The number of hydrogen-bond acceptors (Lipinski definition) is 3. The molecular weight excluding hydrogens is 212 g/mol. The minimum atomic E-state index is -0.187. The zero-order chi connectivity index (χ0) is 11.0. The zero-order valence-electron chi connectivity index (χ0n) is 8.70. The molecule has 1 aromatic heterocycles. The van der Waals surface area contributed by atoms with Crippen LogP contribution in [0.3, 0.4) is 0 Å². The van der Waals surface area contributed by atoms with E-state index in [1.165, 1.54) is 0 Å². The lowest BCUT2D eigenvalue weighted by atomic mass is 10.1. The first-order chi connectivity index (χ1) is 7.09. The predicted molar refractivity (Wildman–Crippen MR) is 60.8 cm³/mol. The van der Waals surface area contributed by atoms with E-state index in [1.807, 2.05) is 26.0 Å². The molecule has 1 unspecified atom stereocenters.